The molecule has 2 heterocycles. The molecular weight excluding hydrogens is 403 g/mol. The van der Waals surface area contributed by atoms with Crippen LogP contribution in [0, 0.1) is 23.5 Å². The maximum absolute atomic E-state index is 14.4. The van der Waals surface area contributed by atoms with Crippen molar-refractivity contribution in [2.24, 2.45) is 11.8 Å². The van der Waals surface area contributed by atoms with Crippen LogP contribution in [-0.2, 0) is 6.18 Å². The second kappa shape index (κ2) is 8.53. The summed E-state index contributed by atoms with van der Waals surface area (Å²) in [5, 5.41) is -0.0759. The van der Waals surface area contributed by atoms with Gasteiger partial charge in [0.25, 0.3) is 0 Å². The van der Waals surface area contributed by atoms with E-state index in [0.717, 1.165) is 18.6 Å². The fourth-order valence-corrected chi connectivity index (χ4v) is 3.46. The lowest BCUT2D eigenvalue weighted by molar-refractivity contribution is -0.139. The number of aromatic nitrogens is 2. The minimum Gasteiger partial charge on any atom is -0.477 e. The predicted octanol–water partition coefficient (Wildman–Crippen LogP) is 6.65. The van der Waals surface area contributed by atoms with Crippen LogP contribution in [0.1, 0.15) is 32.8 Å². The first-order valence-electron chi connectivity index (χ1n) is 9.50. The van der Waals surface area contributed by atoms with Crippen molar-refractivity contribution in [3.8, 4) is 17.0 Å². The molecule has 0 saturated heterocycles. The fraction of sp³-hybridized carbons (Fsp3) is 0.364. The van der Waals surface area contributed by atoms with Crippen LogP contribution in [0.5, 0.6) is 5.88 Å². The molecule has 0 fully saturated rings. The van der Waals surface area contributed by atoms with Crippen molar-refractivity contribution in [2.45, 2.75) is 33.4 Å². The molecule has 1 aromatic carbocycles. The number of fused-ring (bicyclic) bond motifs is 1. The Morgan fingerprint density at radius 3 is 2.43 bits per heavy atom. The van der Waals surface area contributed by atoms with Crippen molar-refractivity contribution in [1.82, 2.24) is 9.97 Å². The SMILES string of the molecule is CC(C)CC(C)COc1ncc(-c2ccnc3cc(F)cc(F)c23)cc1C(F)(F)F. The lowest BCUT2D eigenvalue weighted by atomic mass is 10.00. The normalized spacial score (nSPS) is 13.1. The van der Waals surface area contributed by atoms with Crippen molar-refractivity contribution in [3.63, 3.8) is 0 Å². The van der Waals surface area contributed by atoms with Gasteiger partial charge in [-0.25, -0.2) is 13.8 Å². The Bertz CT molecular complexity index is 1050. The number of hydrogen-bond donors (Lipinski definition) is 0. The van der Waals surface area contributed by atoms with Gasteiger partial charge in [-0.15, -0.1) is 0 Å². The molecule has 0 aliphatic rings. The third-order valence-electron chi connectivity index (χ3n) is 4.60. The molecule has 2 aromatic heterocycles. The largest absolute Gasteiger partial charge is 0.477 e. The number of rotatable bonds is 6. The molecule has 0 radical (unpaired) electrons. The maximum atomic E-state index is 14.4. The lowest BCUT2D eigenvalue weighted by Crippen LogP contribution is -2.15. The zero-order chi connectivity index (χ0) is 22.1. The van der Waals surface area contributed by atoms with E-state index in [1.807, 2.05) is 20.8 Å². The van der Waals surface area contributed by atoms with Gasteiger partial charge < -0.3 is 4.74 Å². The first-order valence-corrected chi connectivity index (χ1v) is 9.50. The van der Waals surface area contributed by atoms with Crippen molar-refractivity contribution < 1.29 is 26.7 Å². The second-order valence-electron chi connectivity index (χ2n) is 7.76. The van der Waals surface area contributed by atoms with Crippen LogP contribution in [0.4, 0.5) is 22.0 Å². The average Bonchev–Trinajstić information content (AvgIpc) is 2.64. The Kier molecular flexibility index (Phi) is 6.24. The van der Waals surface area contributed by atoms with E-state index in [4.69, 9.17) is 4.74 Å². The zero-order valence-corrected chi connectivity index (χ0v) is 16.7. The average molecular weight is 424 g/mol. The van der Waals surface area contributed by atoms with Gasteiger partial charge in [0.1, 0.15) is 17.2 Å². The fourth-order valence-electron chi connectivity index (χ4n) is 3.46. The summed E-state index contributed by atoms with van der Waals surface area (Å²) < 4.78 is 74.2. The van der Waals surface area contributed by atoms with E-state index in [1.165, 1.54) is 18.5 Å². The van der Waals surface area contributed by atoms with Crippen LogP contribution in [0.15, 0.2) is 36.7 Å². The van der Waals surface area contributed by atoms with E-state index in [2.05, 4.69) is 9.97 Å². The number of halogens is 5. The van der Waals surface area contributed by atoms with Gasteiger partial charge >= 0.3 is 6.18 Å². The van der Waals surface area contributed by atoms with Gasteiger partial charge in [0.05, 0.1) is 12.1 Å². The molecule has 3 aromatic rings. The number of benzene rings is 1. The highest BCUT2D eigenvalue weighted by atomic mass is 19.4. The van der Waals surface area contributed by atoms with E-state index in [-0.39, 0.29) is 34.6 Å². The summed E-state index contributed by atoms with van der Waals surface area (Å²) in [5.41, 5.74) is -0.885. The molecule has 0 aliphatic carbocycles. The van der Waals surface area contributed by atoms with Gasteiger partial charge in [0.2, 0.25) is 5.88 Å². The van der Waals surface area contributed by atoms with Gasteiger partial charge in [0, 0.05) is 35.5 Å². The van der Waals surface area contributed by atoms with Gasteiger partial charge in [-0.2, -0.15) is 13.2 Å². The molecule has 3 nitrogen and oxygen atoms in total. The quantitative estimate of drug-likeness (QED) is 0.415. The monoisotopic (exact) mass is 424 g/mol. The van der Waals surface area contributed by atoms with Crippen molar-refractivity contribution in [1.29, 1.82) is 0 Å². The van der Waals surface area contributed by atoms with Crippen LogP contribution in [0.3, 0.4) is 0 Å². The highest BCUT2D eigenvalue weighted by molar-refractivity contribution is 5.94. The summed E-state index contributed by atoms with van der Waals surface area (Å²) in [5.74, 6) is -1.81. The zero-order valence-electron chi connectivity index (χ0n) is 16.7. The molecule has 160 valence electrons. The third-order valence-corrected chi connectivity index (χ3v) is 4.60. The number of hydrogen-bond acceptors (Lipinski definition) is 3. The van der Waals surface area contributed by atoms with Crippen LogP contribution < -0.4 is 4.74 Å². The summed E-state index contributed by atoms with van der Waals surface area (Å²) in [4.78, 5) is 7.77. The number of ether oxygens (including phenoxy) is 1. The van der Waals surface area contributed by atoms with E-state index >= 15 is 0 Å². The first-order chi connectivity index (χ1) is 14.1. The summed E-state index contributed by atoms with van der Waals surface area (Å²) in [6, 6.07) is 3.92. The van der Waals surface area contributed by atoms with Gasteiger partial charge in [0.15, 0.2) is 0 Å². The highest BCUT2D eigenvalue weighted by Gasteiger charge is 2.36. The van der Waals surface area contributed by atoms with E-state index in [0.29, 0.717) is 12.0 Å². The molecule has 30 heavy (non-hydrogen) atoms. The Morgan fingerprint density at radius 2 is 1.77 bits per heavy atom. The van der Waals surface area contributed by atoms with Crippen molar-refractivity contribution in [3.05, 3.63) is 53.9 Å². The van der Waals surface area contributed by atoms with Crippen LogP contribution in [0.25, 0.3) is 22.0 Å². The minimum atomic E-state index is -4.72. The molecule has 0 spiro atoms. The molecule has 0 bridgehead atoms. The highest BCUT2D eigenvalue weighted by Crippen LogP contribution is 2.39. The third kappa shape index (κ3) is 4.86. The summed E-state index contributed by atoms with van der Waals surface area (Å²) >= 11 is 0. The molecule has 1 atom stereocenters. The summed E-state index contributed by atoms with van der Waals surface area (Å²) in [6.07, 6.45) is -1.44. The van der Waals surface area contributed by atoms with Crippen LogP contribution in [0.2, 0.25) is 0 Å². The standard InChI is InChI=1S/C22H21F5N2O/c1-12(2)6-13(3)11-30-21-17(22(25,26)27)7-14(10-29-21)16-4-5-28-19-9-15(23)8-18(24)20(16)19/h4-5,7-10,12-13H,6,11H2,1-3H3. The van der Waals surface area contributed by atoms with Gasteiger partial charge in [-0.05, 0) is 36.0 Å². The van der Waals surface area contributed by atoms with E-state index in [9.17, 15) is 22.0 Å². The Balaban J connectivity index is 2.03. The van der Waals surface area contributed by atoms with Gasteiger partial charge in [-0.3, -0.25) is 4.98 Å². The molecule has 0 N–H and O–H groups in total. The van der Waals surface area contributed by atoms with Crippen LogP contribution >= 0.6 is 0 Å². The molecule has 3 rings (SSSR count). The number of nitrogens with zero attached hydrogens (tertiary/aromatic N) is 2. The molecule has 0 aliphatic heterocycles. The molecule has 8 heteroatoms. The van der Waals surface area contributed by atoms with Crippen LogP contribution in [-0.4, -0.2) is 16.6 Å². The minimum absolute atomic E-state index is 0.00129. The maximum Gasteiger partial charge on any atom is 0.421 e. The topological polar surface area (TPSA) is 35.0 Å². The number of pyridine rings is 2. The van der Waals surface area contributed by atoms with E-state index < -0.39 is 29.3 Å². The van der Waals surface area contributed by atoms with E-state index in [1.54, 1.807) is 0 Å². The summed E-state index contributed by atoms with van der Waals surface area (Å²) in [6.45, 7) is 6.04. The molecule has 0 amide bonds. The molecule has 0 saturated carbocycles. The Labute approximate surface area is 170 Å². The van der Waals surface area contributed by atoms with Gasteiger partial charge in [-0.1, -0.05) is 20.8 Å². The predicted molar refractivity (Wildman–Crippen MR) is 104 cm³/mol. The lowest BCUT2D eigenvalue weighted by Gasteiger charge is -2.18. The Hall–Kier alpha value is -2.77. The first kappa shape index (κ1) is 21.9. The second-order valence-corrected chi connectivity index (χ2v) is 7.76. The smallest absolute Gasteiger partial charge is 0.421 e. The molecular formula is C22H21F5N2O. The van der Waals surface area contributed by atoms with Crippen molar-refractivity contribution in [2.75, 3.05) is 6.61 Å². The summed E-state index contributed by atoms with van der Waals surface area (Å²) in [7, 11) is 0. The molecule has 1 unspecified atom stereocenters. The van der Waals surface area contributed by atoms with Crippen molar-refractivity contribution >= 4 is 10.9 Å². The Morgan fingerprint density at radius 1 is 1.03 bits per heavy atom. The number of alkyl halides is 3.